The van der Waals surface area contributed by atoms with Crippen molar-refractivity contribution in [2.45, 2.75) is 31.6 Å². The minimum absolute atomic E-state index is 0.118. The molecule has 0 radical (unpaired) electrons. The van der Waals surface area contributed by atoms with Crippen molar-refractivity contribution >= 4 is 33.1 Å². The Morgan fingerprint density at radius 3 is 2.45 bits per heavy atom. The number of carbonyl (C=O) groups is 1. The van der Waals surface area contributed by atoms with E-state index in [0.717, 1.165) is 31.5 Å². The van der Waals surface area contributed by atoms with Gasteiger partial charge in [-0.3, -0.25) is 0 Å². The molecule has 2 N–H and O–H groups in total. The molecule has 1 aliphatic rings. The lowest BCUT2D eigenvalue weighted by Gasteiger charge is -2.36. The lowest BCUT2D eigenvalue weighted by Crippen LogP contribution is -2.43. The van der Waals surface area contributed by atoms with Crippen molar-refractivity contribution < 1.29 is 27.5 Å². The first-order valence-electron chi connectivity index (χ1n) is 9.74. The van der Waals surface area contributed by atoms with E-state index < -0.39 is 12.1 Å². The molecule has 31 heavy (non-hydrogen) atoms. The second-order valence-electron chi connectivity index (χ2n) is 7.15. The van der Waals surface area contributed by atoms with Gasteiger partial charge >= 0.3 is 12.1 Å². The summed E-state index contributed by atoms with van der Waals surface area (Å²) in [6.07, 6.45) is -2.90. The quantitative estimate of drug-likeness (QED) is 0.516. The summed E-state index contributed by atoms with van der Waals surface area (Å²) >= 11 is 1.76. The maximum Gasteiger partial charge on any atom is 0.490 e. The van der Waals surface area contributed by atoms with Crippen LogP contribution in [0.4, 0.5) is 23.2 Å². The minimum Gasteiger partial charge on any atom is -0.475 e. The zero-order valence-corrected chi connectivity index (χ0v) is 17.3. The van der Waals surface area contributed by atoms with Gasteiger partial charge < -0.3 is 15.3 Å². The number of halogens is 4. The molecule has 9 heteroatoms. The van der Waals surface area contributed by atoms with E-state index in [2.05, 4.69) is 39.9 Å². The predicted octanol–water partition coefficient (Wildman–Crippen LogP) is 5.43. The lowest BCUT2D eigenvalue weighted by atomic mass is 10.0. The van der Waals surface area contributed by atoms with E-state index in [0.29, 0.717) is 12.6 Å². The van der Waals surface area contributed by atoms with E-state index in [-0.39, 0.29) is 5.82 Å². The van der Waals surface area contributed by atoms with Crippen LogP contribution in [-0.4, -0.2) is 36.4 Å². The van der Waals surface area contributed by atoms with Crippen molar-refractivity contribution in [3.05, 3.63) is 65.3 Å². The van der Waals surface area contributed by atoms with Crippen LogP contribution >= 0.6 is 11.3 Å². The zero-order valence-electron chi connectivity index (χ0n) is 16.5. The van der Waals surface area contributed by atoms with Gasteiger partial charge in [0.15, 0.2) is 0 Å². The van der Waals surface area contributed by atoms with Gasteiger partial charge in [0.05, 0.1) is 0 Å². The molecule has 1 aliphatic heterocycles. The van der Waals surface area contributed by atoms with E-state index in [1.54, 1.807) is 23.5 Å². The molecule has 2 aromatic carbocycles. The Kier molecular flexibility index (Phi) is 7.50. The third kappa shape index (κ3) is 6.18. The van der Waals surface area contributed by atoms with Crippen LogP contribution in [0.2, 0.25) is 0 Å². The Morgan fingerprint density at radius 1 is 1.13 bits per heavy atom. The van der Waals surface area contributed by atoms with Crippen molar-refractivity contribution in [2.75, 3.05) is 18.0 Å². The highest BCUT2D eigenvalue weighted by Gasteiger charge is 2.38. The van der Waals surface area contributed by atoms with Gasteiger partial charge in [0.2, 0.25) is 0 Å². The average Bonchev–Trinajstić information content (AvgIpc) is 3.21. The minimum atomic E-state index is -5.08. The normalized spacial score (nSPS) is 14.7. The lowest BCUT2D eigenvalue weighted by molar-refractivity contribution is -0.192. The summed E-state index contributed by atoms with van der Waals surface area (Å²) < 4.78 is 47.2. The van der Waals surface area contributed by atoms with Crippen LogP contribution < -0.4 is 10.2 Å². The molecule has 0 aliphatic carbocycles. The topological polar surface area (TPSA) is 52.6 Å². The molecule has 166 valence electrons. The van der Waals surface area contributed by atoms with Gasteiger partial charge in [0.1, 0.15) is 5.82 Å². The van der Waals surface area contributed by atoms with Gasteiger partial charge in [-0.15, -0.1) is 11.3 Å². The van der Waals surface area contributed by atoms with Crippen LogP contribution in [0.3, 0.4) is 0 Å². The molecule has 1 aromatic heterocycles. The molecule has 0 saturated carbocycles. The van der Waals surface area contributed by atoms with E-state index in [9.17, 15) is 17.6 Å². The summed E-state index contributed by atoms with van der Waals surface area (Å²) in [4.78, 5) is 11.3. The Hall–Kier alpha value is -2.65. The molecule has 4 nitrogen and oxygen atoms in total. The summed E-state index contributed by atoms with van der Waals surface area (Å²) in [5.41, 5.74) is 1.96. The van der Waals surface area contributed by atoms with Crippen molar-refractivity contribution in [1.82, 2.24) is 5.32 Å². The second kappa shape index (κ2) is 10.1. The molecule has 0 spiro atoms. The van der Waals surface area contributed by atoms with E-state index >= 15 is 0 Å². The van der Waals surface area contributed by atoms with Crippen LogP contribution in [0.5, 0.6) is 0 Å². The molecule has 0 atom stereocenters. The Morgan fingerprint density at radius 2 is 1.81 bits per heavy atom. The number of fused-ring (bicyclic) bond motifs is 1. The third-order valence-electron chi connectivity index (χ3n) is 5.06. The number of alkyl halides is 3. The first kappa shape index (κ1) is 23.0. The molecule has 0 bridgehead atoms. The summed E-state index contributed by atoms with van der Waals surface area (Å²) in [5.74, 6) is -2.87. The Labute approximate surface area is 181 Å². The molecule has 1 fully saturated rings. The highest BCUT2D eigenvalue weighted by molar-refractivity contribution is 7.17. The molecular formula is C22H22F4N2O2S. The molecule has 1 saturated heterocycles. The number of aliphatic carboxylic acids is 1. The number of rotatable bonds is 4. The van der Waals surface area contributed by atoms with Crippen LogP contribution in [0.1, 0.15) is 18.4 Å². The first-order chi connectivity index (χ1) is 14.8. The Balaban J connectivity index is 0.000000339. The predicted molar refractivity (Wildman–Crippen MR) is 114 cm³/mol. The van der Waals surface area contributed by atoms with Gasteiger partial charge in [-0.2, -0.15) is 13.2 Å². The molecule has 0 unspecified atom stereocenters. The van der Waals surface area contributed by atoms with E-state index in [1.165, 1.54) is 15.8 Å². The molecule has 4 rings (SSSR count). The number of carboxylic acid groups (broad SMARTS) is 1. The number of benzene rings is 2. The molecule has 3 aromatic rings. The van der Waals surface area contributed by atoms with Crippen LogP contribution in [0, 0.1) is 5.82 Å². The number of anilines is 1. The number of nitrogens with one attached hydrogen (secondary N) is 1. The number of carboxylic acids is 1. The fourth-order valence-corrected chi connectivity index (χ4v) is 4.26. The van der Waals surface area contributed by atoms with Gasteiger partial charge in [-0.25, -0.2) is 9.18 Å². The summed E-state index contributed by atoms with van der Waals surface area (Å²) in [5, 5.41) is 13.9. The SMILES string of the molecule is Fc1ccccc1CN(c1ccc2sccc2c1)C1CCNCC1.O=C(O)C(F)(F)F. The fraction of sp³-hybridized carbons (Fsp3) is 0.318. The maximum absolute atomic E-state index is 14.2. The first-order valence-corrected chi connectivity index (χ1v) is 10.6. The van der Waals surface area contributed by atoms with Crippen LogP contribution in [-0.2, 0) is 11.3 Å². The van der Waals surface area contributed by atoms with E-state index in [1.807, 2.05) is 12.1 Å². The zero-order chi connectivity index (χ0) is 22.4. The highest BCUT2D eigenvalue weighted by atomic mass is 32.1. The molecule has 2 heterocycles. The summed E-state index contributed by atoms with van der Waals surface area (Å²) in [7, 11) is 0. The maximum atomic E-state index is 14.2. The fourth-order valence-electron chi connectivity index (χ4n) is 3.49. The number of hydrogen-bond donors (Lipinski definition) is 2. The summed E-state index contributed by atoms with van der Waals surface area (Å²) in [6.45, 7) is 2.67. The molecule has 0 amide bonds. The van der Waals surface area contributed by atoms with Crippen molar-refractivity contribution in [3.63, 3.8) is 0 Å². The standard InChI is InChI=1S/C20H21FN2S.C2HF3O2/c21-19-4-2-1-3-16(19)14-23(17-7-10-22-11-8-17)18-5-6-20-15(13-18)9-12-24-20;3-2(4,5)1(6)7/h1-6,9,12-13,17,22H,7-8,10-11,14H2;(H,6,7). The summed E-state index contributed by atoms with van der Waals surface area (Å²) in [6, 6.07) is 16.3. The number of thiophene rings is 1. The van der Waals surface area contributed by atoms with Gasteiger partial charge in [0.25, 0.3) is 0 Å². The highest BCUT2D eigenvalue weighted by Crippen LogP contribution is 2.30. The monoisotopic (exact) mass is 454 g/mol. The largest absolute Gasteiger partial charge is 0.490 e. The number of piperidine rings is 1. The van der Waals surface area contributed by atoms with Crippen molar-refractivity contribution in [1.29, 1.82) is 0 Å². The van der Waals surface area contributed by atoms with Crippen LogP contribution in [0.15, 0.2) is 53.9 Å². The van der Waals surface area contributed by atoms with Gasteiger partial charge in [-0.05, 0) is 67.0 Å². The Bertz CT molecular complexity index is 1020. The van der Waals surface area contributed by atoms with Crippen molar-refractivity contribution in [2.24, 2.45) is 0 Å². The van der Waals surface area contributed by atoms with Gasteiger partial charge in [0, 0.05) is 28.5 Å². The van der Waals surface area contributed by atoms with Crippen molar-refractivity contribution in [3.8, 4) is 0 Å². The van der Waals surface area contributed by atoms with E-state index in [4.69, 9.17) is 9.90 Å². The number of hydrogen-bond acceptors (Lipinski definition) is 4. The van der Waals surface area contributed by atoms with Crippen LogP contribution in [0.25, 0.3) is 10.1 Å². The third-order valence-corrected chi connectivity index (χ3v) is 5.96. The van der Waals surface area contributed by atoms with Gasteiger partial charge in [-0.1, -0.05) is 18.2 Å². The molecular weight excluding hydrogens is 432 g/mol. The number of nitrogens with zero attached hydrogens (tertiary/aromatic N) is 1. The second-order valence-corrected chi connectivity index (χ2v) is 8.09. The average molecular weight is 454 g/mol. The smallest absolute Gasteiger partial charge is 0.475 e.